The smallest absolute Gasteiger partial charge is 0.327 e. The molecule has 5 nitrogen and oxygen atoms in total. The largest absolute Gasteiger partial charge is 0.497 e. The van der Waals surface area contributed by atoms with Crippen LogP contribution >= 0.6 is 0 Å². The Bertz CT molecular complexity index is 928. The summed E-state index contributed by atoms with van der Waals surface area (Å²) in [6.45, 7) is 4.02. The Morgan fingerprint density at radius 1 is 1.00 bits per heavy atom. The Hall–Kier alpha value is -2.96. The van der Waals surface area contributed by atoms with Gasteiger partial charge in [0.1, 0.15) is 22.9 Å². The lowest BCUT2D eigenvalue weighted by atomic mass is 9.91. The number of aryl methyl sites for hydroxylation is 1. The van der Waals surface area contributed by atoms with Gasteiger partial charge < -0.3 is 9.64 Å². The van der Waals surface area contributed by atoms with Crippen LogP contribution in [0.25, 0.3) is 0 Å². The van der Waals surface area contributed by atoms with Gasteiger partial charge in [0.05, 0.1) is 13.7 Å². The average molecular weight is 430 g/mol. The lowest BCUT2D eigenvalue weighted by Crippen LogP contribution is -2.47. The molecule has 2 aromatic rings. The number of imide groups is 1. The highest BCUT2D eigenvalue weighted by atomic mass is 19.1. The molecule has 0 spiro atoms. The van der Waals surface area contributed by atoms with Crippen LogP contribution in [-0.2, 0) is 17.8 Å². The number of hydrogen-bond donors (Lipinski definition) is 0. The Morgan fingerprint density at radius 3 is 2.23 bits per heavy atom. The van der Waals surface area contributed by atoms with Crippen molar-refractivity contribution < 1.29 is 23.1 Å². The summed E-state index contributed by atoms with van der Waals surface area (Å²) in [6.07, 6.45) is 2.67. The van der Waals surface area contributed by atoms with Crippen LogP contribution in [0.4, 0.5) is 13.6 Å². The number of halogens is 2. The summed E-state index contributed by atoms with van der Waals surface area (Å²) in [5.74, 6) is -1.01. The number of methoxy groups -OCH3 is 1. The Balaban J connectivity index is 1.74. The minimum absolute atomic E-state index is 0.152. The number of nitrogens with zero attached hydrogens (tertiary/aromatic N) is 2. The van der Waals surface area contributed by atoms with Gasteiger partial charge in [-0.1, -0.05) is 19.1 Å². The SMILES string of the molecule is CCCN1C(=O)N(Cc2cc(F)cc(F)c2)C(=O)C1(C)CCCc1ccc(OC)cc1. The van der Waals surface area contributed by atoms with Crippen LogP contribution in [0.5, 0.6) is 5.75 Å². The third-order valence-corrected chi connectivity index (χ3v) is 5.76. The van der Waals surface area contributed by atoms with Crippen molar-refractivity contribution in [1.82, 2.24) is 9.80 Å². The van der Waals surface area contributed by atoms with Gasteiger partial charge in [0.25, 0.3) is 5.91 Å². The Kier molecular flexibility index (Phi) is 6.93. The van der Waals surface area contributed by atoms with Gasteiger partial charge in [-0.15, -0.1) is 0 Å². The molecule has 0 aromatic heterocycles. The summed E-state index contributed by atoms with van der Waals surface area (Å²) >= 11 is 0. The molecule has 1 saturated heterocycles. The molecule has 1 aliphatic rings. The van der Waals surface area contributed by atoms with E-state index in [9.17, 15) is 18.4 Å². The fourth-order valence-electron chi connectivity index (χ4n) is 4.11. The zero-order chi connectivity index (χ0) is 22.6. The van der Waals surface area contributed by atoms with E-state index in [2.05, 4.69) is 0 Å². The molecule has 3 rings (SSSR count). The van der Waals surface area contributed by atoms with E-state index in [-0.39, 0.29) is 18.0 Å². The van der Waals surface area contributed by atoms with Gasteiger partial charge in [-0.3, -0.25) is 9.69 Å². The number of amides is 3. The molecule has 2 aromatic carbocycles. The van der Waals surface area contributed by atoms with Gasteiger partial charge in [-0.25, -0.2) is 13.6 Å². The third kappa shape index (κ3) is 4.86. The molecule has 0 saturated carbocycles. The molecule has 166 valence electrons. The second-order valence-electron chi connectivity index (χ2n) is 8.08. The lowest BCUT2D eigenvalue weighted by Gasteiger charge is -2.31. The van der Waals surface area contributed by atoms with Crippen molar-refractivity contribution in [2.24, 2.45) is 0 Å². The van der Waals surface area contributed by atoms with Crippen molar-refractivity contribution in [3.8, 4) is 5.75 Å². The first-order valence-electron chi connectivity index (χ1n) is 10.5. The van der Waals surface area contributed by atoms with E-state index < -0.39 is 23.2 Å². The Labute approximate surface area is 181 Å². The van der Waals surface area contributed by atoms with Crippen LogP contribution in [0, 0.1) is 11.6 Å². The zero-order valence-electron chi connectivity index (χ0n) is 18.2. The van der Waals surface area contributed by atoms with Crippen LogP contribution in [0.3, 0.4) is 0 Å². The van der Waals surface area contributed by atoms with Gasteiger partial charge in [0, 0.05) is 12.6 Å². The van der Waals surface area contributed by atoms with Crippen LogP contribution < -0.4 is 4.74 Å². The summed E-state index contributed by atoms with van der Waals surface area (Å²) in [5, 5.41) is 0. The van der Waals surface area contributed by atoms with E-state index in [0.717, 1.165) is 40.8 Å². The minimum atomic E-state index is -0.981. The molecule has 1 fully saturated rings. The molecule has 31 heavy (non-hydrogen) atoms. The minimum Gasteiger partial charge on any atom is -0.497 e. The first-order valence-corrected chi connectivity index (χ1v) is 10.5. The van der Waals surface area contributed by atoms with Gasteiger partial charge in [0.2, 0.25) is 0 Å². The first kappa shape index (κ1) is 22.7. The predicted octanol–water partition coefficient (Wildman–Crippen LogP) is 4.93. The van der Waals surface area contributed by atoms with Gasteiger partial charge in [-0.2, -0.15) is 0 Å². The molecule has 1 heterocycles. The van der Waals surface area contributed by atoms with Crippen molar-refractivity contribution >= 4 is 11.9 Å². The number of rotatable bonds is 9. The maximum atomic E-state index is 13.6. The monoisotopic (exact) mass is 430 g/mol. The summed E-state index contributed by atoms with van der Waals surface area (Å²) in [4.78, 5) is 29.0. The molecule has 0 N–H and O–H groups in total. The van der Waals surface area contributed by atoms with Gasteiger partial charge in [-0.05, 0) is 68.0 Å². The van der Waals surface area contributed by atoms with E-state index in [0.29, 0.717) is 25.8 Å². The average Bonchev–Trinajstić information content (AvgIpc) is 2.90. The fraction of sp³-hybridized carbons (Fsp3) is 0.417. The Morgan fingerprint density at radius 2 is 1.65 bits per heavy atom. The number of carbonyl (C=O) groups is 2. The second kappa shape index (κ2) is 9.45. The highest BCUT2D eigenvalue weighted by molar-refractivity contribution is 6.06. The van der Waals surface area contributed by atoms with E-state index in [4.69, 9.17) is 4.74 Å². The summed E-state index contributed by atoms with van der Waals surface area (Å²) in [5.41, 5.74) is 0.388. The quantitative estimate of drug-likeness (QED) is 0.530. The number of hydrogen-bond acceptors (Lipinski definition) is 3. The molecule has 1 atom stereocenters. The fourth-order valence-corrected chi connectivity index (χ4v) is 4.11. The molecule has 7 heteroatoms. The molecule has 1 aliphatic heterocycles. The predicted molar refractivity (Wildman–Crippen MR) is 114 cm³/mol. The van der Waals surface area contributed by atoms with Crippen molar-refractivity contribution in [2.45, 2.75) is 51.6 Å². The van der Waals surface area contributed by atoms with Crippen molar-refractivity contribution in [3.63, 3.8) is 0 Å². The van der Waals surface area contributed by atoms with Gasteiger partial charge >= 0.3 is 6.03 Å². The normalized spacial score (nSPS) is 18.7. The zero-order valence-corrected chi connectivity index (χ0v) is 18.2. The van der Waals surface area contributed by atoms with Crippen LogP contribution in [0.2, 0.25) is 0 Å². The van der Waals surface area contributed by atoms with E-state index in [1.807, 2.05) is 31.2 Å². The topological polar surface area (TPSA) is 49.9 Å². The van der Waals surface area contributed by atoms with Crippen molar-refractivity contribution in [2.75, 3.05) is 13.7 Å². The molecule has 3 amide bonds. The molecule has 0 bridgehead atoms. The molecular formula is C24H28F2N2O3. The molecular weight excluding hydrogens is 402 g/mol. The number of carbonyl (C=O) groups excluding carboxylic acids is 2. The van der Waals surface area contributed by atoms with Crippen LogP contribution in [0.1, 0.15) is 44.2 Å². The summed E-state index contributed by atoms with van der Waals surface area (Å²) in [6, 6.07) is 10.4. The maximum Gasteiger partial charge on any atom is 0.327 e. The van der Waals surface area contributed by atoms with Crippen molar-refractivity contribution in [3.05, 3.63) is 65.2 Å². The first-order chi connectivity index (χ1) is 14.8. The van der Waals surface area contributed by atoms with E-state index in [1.165, 1.54) is 0 Å². The van der Waals surface area contributed by atoms with E-state index >= 15 is 0 Å². The lowest BCUT2D eigenvalue weighted by molar-refractivity contribution is -0.133. The van der Waals surface area contributed by atoms with Crippen molar-refractivity contribution in [1.29, 1.82) is 0 Å². The number of urea groups is 1. The molecule has 0 radical (unpaired) electrons. The second-order valence-corrected chi connectivity index (χ2v) is 8.08. The summed E-state index contributed by atoms with van der Waals surface area (Å²) < 4.78 is 32.3. The van der Waals surface area contributed by atoms with Crippen LogP contribution in [-0.4, -0.2) is 40.9 Å². The third-order valence-electron chi connectivity index (χ3n) is 5.76. The molecule has 0 aliphatic carbocycles. The standard InChI is InChI=1S/C24H28F2N2O3/c1-4-12-28-23(30)27(16-18-13-19(25)15-20(26)14-18)22(29)24(28,2)11-5-6-17-7-9-21(31-3)10-8-17/h7-10,13-15H,4-6,11-12,16H2,1-3H3. The van der Waals surface area contributed by atoms with Crippen LogP contribution in [0.15, 0.2) is 42.5 Å². The highest BCUT2D eigenvalue weighted by Gasteiger charge is 2.53. The van der Waals surface area contributed by atoms with E-state index in [1.54, 1.807) is 18.9 Å². The molecule has 1 unspecified atom stereocenters. The van der Waals surface area contributed by atoms with Gasteiger partial charge in [0.15, 0.2) is 0 Å². The number of ether oxygens (including phenoxy) is 1. The number of benzene rings is 2. The maximum absolute atomic E-state index is 13.6. The summed E-state index contributed by atoms with van der Waals surface area (Å²) in [7, 11) is 1.62. The highest BCUT2D eigenvalue weighted by Crippen LogP contribution is 2.34.